The van der Waals surface area contributed by atoms with Crippen molar-refractivity contribution in [2.24, 2.45) is 5.73 Å². The van der Waals surface area contributed by atoms with Gasteiger partial charge in [0.15, 0.2) is 0 Å². The van der Waals surface area contributed by atoms with E-state index in [0.29, 0.717) is 30.8 Å². The van der Waals surface area contributed by atoms with Crippen molar-refractivity contribution in [3.05, 3.63) is 60.2 Å². The molecule has 8 nitrogen and oxygen atoms in total. The lowest BCUT2D eigenvalue weighted by Crippen LogP contribution is -2.48. The number of para-hydroxylation sites is 1. The van der Waals surface area contributed by atoms with Crippen molar-refractivity contribution in [1.29, 1.82) is 0 Å². The second-order valence-electron chi connectivity index (χ2n) is 6.60. The van der Waals surface area contributed by atoms with Gasteiger partial charge in [-0.25, -0.2) is 13.2 Å². The summed E-state index contributed by atoms with van der Waals surface area (Å²) >= 11 is 0. The number of urea groups is 1. The molecule has 4 N–H and O–H groups in total. The molecule has 3 amide bonds. The average Bonchev–Trinajstić information content (AvgIpc) is 2.68. The van der Waals surface area contributed by atoms with Crippen molar-refractivity contribution < 1.29 is 18.0 Å². The molecule has 1 heterocycles. The van der Waals surface area contributed by atoms with E-state index in [2.05, 4.69) is 10.0 Å². The first-order valence-corrected chi connectivity index (χ1v) is 10.4. The predicted molar refractivity (Wildman–Crippen MR) is 108 cm³/mol. The molecule has 0 saturated carbocycles. The lowest BCUT2D eigenvalue weighted by atomic mass is 10.1. The van der Waals surface area contributed by atoms with Crippen molar-refractivity contribution >= 4 is 33.3 Å². The molecule has 0 aromatic heterocycles. The van der Waals surface area contributed by atoms with E-state index in [-0.39, 0.29) is 12.1 Å². The quantitative estimate of drug-likeness (QED) is 0.710. The van der Waals surface area contributed by atoms with Gasteiger partial charge in [-0.1, -0.05) is 24.3 Å². The topological polar surface area (TPSA) is 122 Å². The maximum Gasteiger partial charge on any atom is 0.321 e. The van der Waals surface area contributed by atoms with E-state index in [9.17, 15) is 18.0 Å². The van der Waals surface area contributed by atoms with Crippen molar-refractivity contribution in [3.8, 4) is 0 Å². The summed E-state index contributed by atoms with van der Waals surface area (Å²) in [4.78, 5) is 25.3. The molecule has 148 valence electrons. The van der Waals surface area contributed by atoms with Gasteiger partial charge in [-0.3, -0.25) is 9.52 Å². The third kappa shape index (κ3) is 4.80. The minimum absolute atomic E-state index is 0.0868. The zero-order chi connectivity index (χ0) is 20.1. The Kier molecular flexibility index (Phi) is 5.84. The van der Waals surface area contributed by atoms with Crippen LogP contribution in [0, 0.1) is 0 Å². The Balaban J connectivity index is 1.66. The molecule has 1 fully saturated rings. The highest BCUT2D eigenvalue weighted by atomic mass is 32.2. The molecule has 28 heavy (non-hydrogen) atoms. The third-order valence-corrected chi connectivity index (χ3v) is 6.32. The highest BCUT2D eigenvalue weighted by molar-refractivity contribution is 7.93. The Morgan fingerprint density at radius 3 is 2.46 bits per heavy atom. The lowest BCUT2D eigenvalue weighted by molar-refractivity contribution is 0.1000. The fourth-order valence-electron chi connectivity index (χ4n) is 3.08. The van der Waals surface area contributed by atoms with Crippen molar-refractivity contribution in [2.45, 2.75) is 18.1 Å². The van der Waals surface area contributed by atoms with E-state index < -0.39 is 27.2 Å². The molecule has 9 heteroatoms. The molecule has 0 spiro atoms. The first-order chi connectivity index (χ1) is 13.3. The minimum atomic E-state index is -3.63. The van der Waals surface area contributed by atoms with Crippen LogP contribution in [-0.4, -0.2) is 43.6 Å². The number of likely N-dealkylation sites (tertiary alicyclic amines) is 1. The van der Waals surface area contributed by atoms with Crippen molar-refractivity contribution in [2.75, 3.05) is 23.1 Å². The summed E-state index contributed by atoms with van der Waals surface area (Å²) in [6, 6.07) is 14.5. The first-order valence-electron chi connectivity index (χ1n) is 8.87. The average molecular weight is 402 g/mol. The van der Waals surface area contributed by atoms with Crippen LogP contribution in [0.2, 0.25) is 0 Å². The monoisotopic (exact) mass is 402 g/mol. The van der Waals surface area contributed by atoms with Crippen LogP contribution < -0.4 is 15.8 Å². The Bertz CT molecular complexity index is 963. The number of nitrogens with two attached hydrogens (primary N) is 1. The molecule has 1 aliphatic rings. The van der Waals surface area contributed by atoms with Gasteiger partial charge in [0.25, 0.3) is 0 Å². The van der Waals surface area contributed by atoms with Crippen LogP contribution >= 0.6 is 0 Å². The summed E-state index contributed by atoms with van der Waals surface area (Å²) in [5.74, 6) is -0.591. The summed E-state index contributed by atoms with van der Waals surface area (Å²) in [7, 11) is -3.63. The summed E-state index contributed by atoms with van der Waals surface area (Å²) in [6.07, 6.45) is 1.05. The number of piperidine rings is 1. The highest BCUT2D eigenvalue weighted by Gasteiger charge is 2.32. The first kappa shape index (κ1) is 19.7. The fraction of sp³-hybridized carbons (Fsp3) is 0.263. The van der Waals surface area contributed by atoms with E-state index in [0.717, 1.165) is 0 Å². The second kappa shape index (κ2) is 8.30. The fourth-order valence-corrected chi connectivity index (χ4v) is 4.57. The second-order valence-corrected chi connectivity index (χ2v) is 8.56. The van der Waals surface area contributed by atoms with Crippen molar-refractivity contribution in [3.63, 3.8) is 0 Å². The summed E-state index contributed by atoms with van der Waals surface area (Å²) in [5, 5.41) is 1.99. The highest BCUT2D eigenvalue weighted by Crippen LogP contribution is 2.21. The normalized spacial score (nSPS) is 17.0. The lowest BCUT2D eigenvalue weighted by Gasteiger charge is -2.32. The maximum absolute atomic E-state index is 12.7. The molecule has 0 aliphatic carbocycles. The van der Waals surface area contributed by atoms with E-state index in [1.165, 1.54) is 11.0 Å². The maximum atomic E-state index is 12.7. The Morgan fingerprint density at radius 1 is 1.04 bits per heavy atom. The number of benzene rings is 2. The van der Waals surface area contributed by atoms with Gasteiger partial charge >= 0.3 is 6.03 Å². The Labute approximate surface area is 163 Å². The molecule has 0 radical (unpaired) electrons. The van der Waals surface area contributed by atoms with Crippen LogP contribution in [0.5, 0.6) is 0 Å². The number of anilines is 2. The number of primary amides is 1. The SMILES string of the molecule is NC(=O)c1cccc(NC(=O)N2CCCC(S(=O)(=O)Nc3ccccc3)C2)c1. The molecule has 3 rings (SSSR count). The van der Waals surface area contributed by atoms with Gasteiger partial charge in [0, 0.05) is 30.0 Å². The number of hydrogen-bond acceptors (Lipinski definition) is 4. The number of nitrogens with zero attached hydrogens (tertiary/aromatic N) is 1. The van der Waals surface area contributed by atoms with Crippen LogP contribution in [0.25, 0.3) is 0 Å². The van der Waals surface area contributed by atoms with Gasteiger partial charge in [-0.15, -0.1) is 0 Å². The molecule has 1 atom stereocenters. The zero-order valence-corrected chi connectivity index (χ0v) is 16.0. The standard InChI is InChI=1S/C19H22N4O4S/c20-18(24)14-6-4-9-16(12-14)21-19(25)23-11-5-10-17(13-23)28(26,27)22-15-7-2-1-3-8-15/h1-4,6-9,12,17,22H,5,10-11,13H2,(H2,20,24)(H,21,25). The zero-order valence-electron chi connectivity index (χ0n) is 15.2. The van der Waals surface area contributed by atoms with E-state index in [4.69, 9.17) is 5.73 Å². The number of nitrogens with one attached hydrogen (secondary N) is 2. The Hall–Kier alpha value is -3.07. The van der Waals surface area contributed by atoms with Gasteiger partial charge in [-0.2, -0.15) is 0 Å². The van der Waals surface area contributed by atoms with Gasteiger partial charge in [-0.05, 0) is 43.2 Å². The summed E-state index contributed by atoms with van der Waals surface area (Å²) in [5.41, 5.74) is 6.45. The molecule has 2 aromatic rings. The Morgan fingerprint density at radius 2 is 1.75 bits per heavy atom. The smallest absolute Gasteiger partial charge is 0.321 e. The van der Waals surface area contributed by atoms with Crippen LogP contribution in [0.3, 0.4) is 0 Å². The van der Waals surface area contributed by atoms with E-state index in [1.54, 1.807) is 48.5 Å². The van der Waals surface area contributed by atoms with E-state index in [1.807, 2.05) is 0 Å². The molecule has 1 aliphatic heterocycles. The minimum Gasteiger partial charge on any atom is -0.366 e. The van der Waals surface area contributed by atoms with Crippen LogP contribution in [-0.2, 0) is 10.0 Å². The molecule has 0 bridgehead atoms. The van der Waals surface area contributed by atoms with Gasteiger partial charge in [0.1, 0.15) is 0 Å². The van der Waals surface area contributed by atoms with Gasteiger partial charge in [0.05, 0.1) is 5.25 Å². The van der Waals surface area contributed by atoms with E-state index >= 15 is 0 Å². The van der Waals surface area contributed by atoms with Crippen LogP contribution in [0.15, 0.2) is 54.6 Å². The number of hydrogen-bond donors (Lipinski definition) is 3. The van der Waals surface area contributed by atoms with Gasteiger partial charge < -0.3 is 16.0 Å². The summed E-state index contributed by atoms with van der Waals surface area (Å²) in [6.45, 7) is 0.544. The molecule has 1 unspecified atom stereocenters. The predicted octanol–water partition coefficient (Wildman–Crippen LogP) is 2.22. The summed E-state index contributed by atoms with van der Waals surface area (Å²) < 4.78 is 27.9. The molecule has 2 aromatic carbocycles. The largest absolute Gasteiger partial charge is 0.366 e. The molecular weight excluding hydrogens is 380 g/mol. The number of carbonyl (C=O) groups is 2. The molecule has 1 saturated heterocycles. The molecular formula is C19H22N4O4S. The number of carbonyl (C=O) groups excluding carboxylic acids is 2. The van der Waals surface area contributed by atoms with Crippen molar-refractivity contribution in [1.82, 2.24) is 4.90 Å². The number of amides is 3. The van der Waals surface area contributed by atoms with Crippen LogP contribution in [0.1, 0.15) is 23.2 Å². The number of rotatable bonds is 5. The van der Waals surface area contributed by atoms with Gasteiger partial charge in [0.2, 0.25) is 15.9 Å². The van der Waals surface area contributed by atoms with Crippen LogP contribution in [0.4, 0.5) is 16.2 Å². The third-order valence-electron chi connectivity index (χ3n) is 4.54. The number of sulfonamides is 1.